The lowest BCUT2D eigenvalue weighted by Crippen LogP contribution is -2.37. The average Bonchev–Trinajstić information content (AvgIpc) is 2.59. The van der Waals surface area contributed by atoms with E-state index in [0.717, 1.165) is 31.6 Å². The maximum Gasteiger partial charge on any atom is 0.138 e. The van der Waals surface area contributed by atoms with Gasteiger partial charge < -0.3 is 10.6 Å². The molecule has 18 heavy (non-hydrogen) atoms. The molecule has 2 rings (SSSR count). The summed E-state index contributed by atoms with van der Waals surface area (Å²) in [6, 6.07) is 10.2. The largest absolute Gasteiger partial charge is 0.373 e. The SMILES string of the molecule is N/N=C1/CCC(OCc2ccccc2)CCN1N. The van der Waals surface area contributed by atoms with Crippen molar-refractivity contribution in [1.82, 2.24) is 5.01 Å². The summed E-state index contributed by atoms with van der Waals surface area (Å²) < 4.78 is 5.91. The molecule has 0 spiro atoms. The van der Waals surface area contributed by atoms with Crippen LogP contribution in [0.15, 0.2) is 35.4 Å². The molecule has 0 saturated carbocycles. The van der Waals surface area contributed by atoms with Gasteiger partial charge in [0.1, 0.15) is 5.84 Å². The summed E-state index contributed by atoms with van der Waals surface area (Å²) in [5.74, 6) is 11.9. The lowest BCUT2D eigenvalue weighted by Gasteiger charge is -2.16. The predicted octanol–water partition coefficient (Wildman–Crippen LogP) is 1.20. The van der Waals surface area contributed by atoms with Crippen molar-refractivity contribution in [3.05, 3.63) is 35.9 Å². The van der Waals surface area contributed by atoms with E-state index in [2.05, 4.69) is 17.2 Å². The minimum Gasteiger partial charge on any atom is -0.373 e. The van der Waals surface area contributed by atoms with Gasteiger partial charge in [0, 0.05) is 13.0 Å². The fourth-order valence-electron chi connectivity index (χ4n) is 2.08. The van der Waals surface area contributed by atoms with E-state index < -0.39 is 0 Å². The Morgan fingerprint density at radius 1 is 1.28 bits per heavy atom. The van der Waals surface area contributed by atoms with E-state index in [-0.39, 0.29) is 6.10 Å². The van der Waals surface area contributed by atoms with E-state index in [9.17, 15) is 0 Å². The number of rotatable bonds is 3. The first-order valence-electron chi connectivity index (χ1n) is 6.24. The maximum atomic E-state index is 5.91. The average molecular weight is 248 g/mol. The standard InChI is InChI=1S/C13H20N4O/c14-16-13-7-6-12(8-9-17(13)15)18-10-11-4-2-1-3-5-11/h1-5,12H,6-10,14-15H2/b16-13-. The number of hydrogen-bond acceptors (Lipinski definition) is 4. The number of nitrogens with two attached hydrogens (primary N) is 2. The number of ether oxygens (including phenoxy) is 1. The molecular formula is C13H20N4O. The second kappa shape index (κ2) is 6.37. The Hall–Kier alpha value is -1.59. The smallest absolute Gasteiger partial charge is 0.138 e. The van der Waals surface area contributed by atoms with Crippen molar-refractivity contribution in [3.8, 4) is 0 Å². The Morgan fingerprint density at radius 2 is 2.06 bits per heavy atom. The Kier molecular flexibility index (Phi) is 4.55. The van der Waals surface area contributed by atoms with E-state index >= 15 is 0 Å². The zero-order chi connectivity index (χ0) is 12.8. The zero-order valence-corrected chi connectivity index (χ0v) is 10.5. The van der Waals surface area contributed by atoms with Crippen LogP contribution >= 0.6 is 0 Å². The van der Waals surface area contributed by atoms with Gasteiger partial charge in [-0.3, -0.25) is 5.01 Å². The van der Waals surface area contributed by atoms with Gasteiger partial charge in [-0.25, -0.2) is 5.84 Å². The van der Waals surface area contributed by atoms with E-state index in [1.54, 1.807) is 5.01 Å². The molecule has 1 atom stereocenters. The van der Waals surface area contributed by atoms with E-state index in [1.807, 2.05) is 18.2 Å². The lowest BCUT2D eigenvalue weighted by atomic mass is 10.1. The minimum atomic E-state index is 0.218. The van der Waals surface area contributed by atoms with Gasteiger partial charge in [0.05, 0.1) is 12.7 Å². The summed E-state index contributed by atoms with van der Waals surface area (Å²) >= 11 is 0. The van der Waals surface area contributed by atoms with Crippen molar-refractivity contribution < 1.29 is 4.74 Å². The van der Waals surface area contributed by atoms with Crippen molar-refractivity contribution in [2.24, 2.45) is 16.8 Å². The van der Waals surface area contributed by atoms with E-state index in [4.69, 9.17) is 16.4 Å². The number of hydrazone groups is 1. The Bertz CT molecular complexity index is 393. The van der Waals surface area contributed by atoms with Gasteiger partial charge in [-0.05, 0) is 18.4 Å². The summed E-state index contributed by atoms with van der Waals surface area (Å²) in [6.45, 7) is 1.38. The molecule has 1 heterocycles. The molecule has 0 radical (unpaired) electrons. The summed E-state index contributed by atoms with van der Waals surface area (Å²) in [5.41, 5.74) is 1.19. The molecule has 0 bridgehead atoms. The molecule has 1 aliphatic rings. The monoisotopic (exact) mass is 248 g/mol. The van der Waals surface area contributed by atoms with Crippen molar-refractivity contribution in [3.63, 3.8) is 0 Å². The number of hydrogen-bond donors (Lipinski definition) is 2. The van der Waals surface area contributed by atoms with Crippen LogP contribution in [0.2, 0.25) is 0 Å². The van der Waals surface area contributed by atoms with Crippen molar-refractivity contribution >= 4 is 5.84 Å². The molecule has 0 amide bonds. The summed E-state index contributed by atoms with van der Waals surface area (Å²) in [4.78, 5) is 0. The second-order valence-corrected chi connectivity index (χ2v) is 4.48. The van der Waals surface area contributed by atoms with Gasteiger partial charge in [0.2, 0.25) is 0 Å². The van der Waals surface area contributed by atoms with Crippen LogP contribution in [0.25, 0.3) is 0 Å². The molecule has 1 saturated heterocycles. The first-order chi connectivity index (χ1) is 8.79. The number of benzene rings is 1. The third-order valence-corrected chi connectivity index (χ3v) is 3.19. The van der Waals surface area contributed by atoms with Crippen LogP contribution in [-0.2, 0) is 11.3 Å². The first kappa shape index (κ1) is 12.9. The molecule has 0 aromatic heterocycles. The Labute approximate surface area is 107 Å². The van der Waals surface area contributed by atoms with Crippen LogP contribution in [0, 0.1) is 0 Å². The number of amidine groups is 1. The fraction of sp³-hybridized carbons (Fsp3) is 0.462. The van der Waals surface area contributed by atoms with Crippen LogP contribution in [0.4, 0.5) is 0 Å². The Balaban J connectivity index is 1.84. The maximum absolute atomic E-state index is 5.91. The third-order valence-electron chi connectivity index (χ3n) is 3.19. The summed E-state index contributed by atoms with van der Waals surface area (Å²) in [7, 11) is 0. The molecule has 5 heteroatoms. The highest BCUT2D eigenvalue weighted by Crippen LogP contribution is 2.15. The molecule has 0 aliphatic carbocycles. The molecular weight excluding hydrogens is 228 g/mol. The van der Waals surface area contributed by atoms with Gasteiger partial charge in [0.25, 0.3) is 0 Å². The molecule has 1 fully saturated rings. The van der Waals surface area contributed by atoms with Crippen molar-refractivity contribution in [2.45, 2.75) is 32.0 Å². The van der Waals surface area contributed by atoms with Crippen LogP contribution in [0.5, 0.6) is 0 Å². The van der Waals surface area contributed by atoms with Crippen LogP contribution in [-0.4, -0.2) is 23.5 Å². The minimum absolute atomic E-state index is 0.218. The third kappa shape index (κ3) is 3.45. The second-order valence-electron chi connectivity index (χ2n) is 4.48. The highest BCUT2D eigenvalue weighted by molar-refractivity contribution is 5.81. The molecule has 4 N–H and O–H groups in total. The van der Waals surface area contributed by atoms with Gasteiger partial charge in [-0.1, -0.05) is 30.3 Å². The molecule has 1 unspecified atom stereocenters. The number of nitrogens with zero attached hydrogens (tertiary/aromatic N) is 2. The lowest BCUT2D eigenvalue weighted by molar-refractivity contribution is 0.0312. The highest BCUT2D eigenvalue weighted by Gasteiger charge is 2.19. The predicted molar refractivity (Wildman–Crippen MR) is 71.4 cm³/mol. The van der Waals surface area contributed by atoms with Gasteiger partial charge in [0.15, 0.2) is 0 Å². The fourth-order valence-corrected chi connectivity index (χ4v) is 2.08. The molecule has 98 valence electrons. The summed E-state index contributed by atoms with van der Waals surface area (Å²) in [5, 5.41) is 5.32. The van der Waals surface area contributed by atoms with Gasteiger partial charge >= 0.3 is 0 Å². The van der Waals surface area contributed by atoms with Crippen molar-refractivity contribution in [2.75, 3.05) is 6.54 Å². The van der Waals surface area contributed by atoms with Crippen LogP contribution in [0.1, 0.15) is 24.8 Å². The van der Waals surface area contributed by atoms with Gasteiger partial charge in [-0.15, -0.1) is 0 Å². The Morgan fingerprint density at radius 3 is 2.78 bits per heavy atom. The molecule has 5 nitrogen and oxygen atoms in total. The van der Waals surface area contributed by atoms with Crippen molar-refractivity contribution in [1.29, 1.82) is 0 Å². The highest BCUT2D eigenvalue weighted by atomic mass is 16.5. The van der Waals surface area contributed by atoms with Crippen LogP contribution in [0.3, 0.4) is 0 Å². The topological polar surface area (TPSA) is 76.9 Å². The van der Waals surface area contributed by atoms with E-state index in [1.165, 1.54) is 5.56 Å². The molecule has 1 aliphatic heterocycles. The van der Waals surface area contributed by atoms with Gasteiger partial charge in [-0.2, -0.15) is 5.10 Å². The number of hydrazine groups is 1. The quantitative estimate of drug-likeness (QED) is 0.622. The van der Waals surface area contributed by atoms with E-state index in [0.29, 0.717) is 6.61 Å². The molecule has 1 aromatic rings. The molecule has 1 aromatic carbocycles. The first-order valence-corrected chi connectivity index (χ1v) is 6.24. The van der Waals surface area contributed by atoms with Crippen LogP contribution < -0.4 is 11.7 Å². The zero-order valence-electron chi connectivity index (χ0n) is 10.5. The summed E-state index contributed by atoms with van der Waals surface area (Å²) in [6.07, 6.45) is 2.81. The normalized spacial score (nSPS) is 23.1.